The topological polar surface area (TPSA) is 99.8 Å². The molecule has 3 aliphatic carbocycles. The van der Waals surface area contributed by atoms with Crippen molar-refractivity contribution in [2.24, 2.45) is 17.8 Å². The summed E-state index contributed by atoms with van der Waals surface area (Å²) in [6.07, 6.45) is 20.1. The van der Waals surface area contributed by atoms with E-state index in [0.29, 0.717) is 44.9 Å². The highest BCUT2D eigenvalue weighted by atomic mass is 127. The van der Waals surface area contributed by atoms with Crippen LogP contribution in [0.25, 0.3) is 6.08 Å². The normalized spacial score (nSPS) is 24.2. The second-order valence-electron chi connectivity index (χ2n) is 12.6. The van der Waals surface area contributed by atoms with Gasteiger partial charge in [0.05, 0.1) is 19.1 Å². The van der Waals surface area contributed by atoms with Gasteiger partial charge in [0, 0.05) is 30.6 Å². The lowest BCUT2D eigenvalue weighted by atomic mass is 9.85. The molecule has 242 valence electrons. The Kier molecular flexibility index (Phi) is 12.9. The average molecular weight is 727 g/mol. The van der Waals surface area contributed by atoms with E-state index in [4.69, 9.17) is 4.74 Å². The summed E-state index contributed by atoms with van der Waals surface area (Å²) in [5, 5.41) is 9.31. The number of fused-ring (bicyclic) bond motifs is 1. The molecule has 45 heavy (non-hydrogen) atoms. The highest BCUT2D eigenvalue weighted by Gasteiger charge is 2.32. The fourth-order valence-corrected chi connectivity index (χ4v) is 7.17. The second-order valence-corrected chi connectivity index (χ2v) is 13.4. The van der Waals surface area contributed by atoms with E-state index in [9.17, 15) is 14.4 Å². The van der Waals surface area contributed by atoms with Crippen molar-refractivity contribution < 1.29 is 19.1 Å². The molecule has 1 saturated heterocycles. The molecule has 0 spiro atoms. The second kappa shape index (κ2) is 17.2. The minimum atomic E-state index is -0.755. The van der Waals surface area contributed by atoms with Gasteiger partial charge in [-0.15, -0.1) is 0 Å². The molecule has 3 amide bonds. The number of halogens is 1. The summed E-state index contributed by atoms with van der Waals surface area (Å²) in [5.74, 6) is -0.500. The third kappa shape index (κ3) is 10.1. The maximum absolute atomic E-state index is 14.1. The molecule has 0 radical (unpaired) electrons. The van der Waals surface area contributed by atoms with Gasteiger partial charge >= 0.3 is 0 Å². The molecule has 3 N–H and O–H groups in total. The van der Waals surface area contributed by atoms with E-state index in [1.807, 2.05) is 24.3 Å². The molecule has 1 fully saturated rings. The fraction of sp³-hybridized carbons (Fsp3) is 0.528. The van der Waals surface area contributed by atoms with Crippen molar-refractivity contribution in [2.45, 2.75) is 57.0 Å². The third-order valence-corrected chi connectivity index (χ3v) is 10.2. The Balaban J connectivity index is 1.28. The Labute approximate surface area is 281 Å². The number of hydrogen-bond acceptors (Lipinski definition) is 5. The quantitative estimate of drug-likeness (QED) is 0.160. The Bertz CT molecular complexity index is 1300. The number of morpholine rings is 1. The number of rotatable bonds is 13. The first-order chi connectivity index (χ1) is 22.0. The molecule has 1 aromatic rings. The zero-order chi connectivity index (χ0) is 31.4. The third-order valence-electron chi connectivity index (χ3n) is 9.30. The van der Waals surface area contributed by atoms with Crippen LogP contribution in [-0.4, -0.2) is 78.5 Å². The molecule has 1 aliphatic heterocycles. The highest BCUT2D eigenvalue weighted by Crippen LogP contribution is 2.27. The summed E-state index contributed by atoms with van der Waals surface area (Å²) < 4.78 is 6.27. The zero-order valence-corrected chi connectivity index (χ0v) is 28.3. The first-order valence-corrected chi connectivity index (χ1v) is 18.0. The fourth-order valence-electron chi connectivity index (χ4n) is 6.66. The van der Waals surface area contributed by atoms with Gasteiger partial charge < -0.3 is 20.7 Å². The van der Waals surface area contributed by atoms with Crippen LogP contribution in [0.3, 0.4) is 0 Å². The SMILES string of the molecule is O=C(N[C@H](CC1C=Cc2ccccc2C1)C(=O)N[C@H](CC1CC=CCC1)C(=O)NCCN1CCOCC1)C1C=C(CI)C=CC1. The van der Waals surface area contributed by atoms with Crippen molar-refractivity contribution in [2.75, 3.05) is 43.8 Å². The molecule has 1 heterocycles. The van der Waals surface area contributed by atoms with E-state index in [-0.39, 0.29) is 29.6 Å². The van der Waals surface area contributed by atoms with Crippen molar-refractivity contribution >= 4 is 46.4 Å². The molecule has 8 nitrogen and oxygen atoms in total. The van der Waals surface area contributed by atoms with Crippen molar-refractivity contribution in [3.8, 4) is 0 Å². The van der Waals surface area contributed by atoms with Crippen LogP contribution in [0.1, 0.15) is 49.7 Å². The van der Waals surface area contributed by atoms with Gasteiger partial charge in [-0.05, 0) is 73.5 Å². The monoisotopic (exact) mass is 726 g/mol. The van der Waals surface area contributed by atoms with Gasteiger partial charge in [-0.2, -0.15) is 0 Å². The maximum Gasteiger partial charge on any atom is 0.243 e. The van der Waals surface area contributed by atoms with Gasteiger partial charge in [0.1, 0.15) is 12.1 Å². The number of benzene rings is 1. The largest absolute Gasteiger partial charge is 0.379 e. The van der Waals surface area contributed by atoms with E-state index in [1.165, 1.54) is 11.1 Å². The zero-order valence-electron chi connectivity index (χ0n) is 26.1. The predicted molar refractivity (Wildman–Crippen MR) is 187 cm³/mol. The van der Waals surface area contributed by atoms with E-state index in [0.717, 1.165) is 55.3 Å². The summed E-state index contributed by atoms with van der Waals surface area (Å²) in [6, 6.07) is 6.88. The van der Waals surface area contributed by atoms with Crippen LogP contribution in [0.2, 0.25) is 0 Å². The summed E-state index contributed by atoms with van der Waals surface area (Å²) >= 11 is 2.30. The lowest BCUT2D eigenvalue weighted by Gasteiger charge is -2.30. The standard InChI is InChI=1S/C36H47IN4O4/c37-25-28-9-6-12-31(22-28)34(42)39-33(24-27-13-14-29-10-4-5-11-30(29)21-27)36(44)40-32(23-26-7-2-1-3-8-26)35(43)38-15-16-41-17-19-45-20-18-41/h1-2,4-6,9-11,13-14,22,26-27,31-33H,3,7-8,12,15-21,23-25H2,(H,38,43)(H,39,42)(H,40,44)/t26?,27?,31?,32-,33-/m1/s1. The summed E-state index contributed by atoms with van der Waals surface area (Å²) in [7, 11) is 0. The number of carbonyl (C=O) groups excluding carboxylic acids is 3. The maximum atomic E-state index is 14.1. The van der Waals surface area contributed by atoms with Crippen molar-refractivity contribution in [1.29, 1.82) is 0 Å². The summed E-state index contributed by atoms with van der Waals surface area (Å²) in [5.41, 5.74) is 3.55. The molecule has 5 rings (SSSR count). The van der Waals surface area contributed by atoms with Crippen LogP contribution in [0, 0.1) is 17.8 Å². The lowest BCUT2D eigenvalue weighted by molar-refractivity contribution is -0.133. The smallest absolute Gasteiger partial charge is 0.243 e. The van der Waals surface area contributed by atoms with Crippen molar-refractivity contribution in [3.63, 3.8) is 0 Å². The number of allylic oxidation sites excluding steroid dienone is 6. The Morgan fingerprint density at radius 3 is 2.58 bits per heavy atom. The van der Waals surface area contributed by atoms with E-state index in [2.05, 4.69) is 86.0 Å². The molecule has 0 aromatic heterocycles. The highest BCUT2D eigenvalue weighted by molar-refractivity contribution is 14.1. The number of nitrogens with zero attached hydrogens (tertiary/aromatic N) is 1. The number of carbonyl (C=O) groups is 3. The molecule has 0 saturated carbocycles. The molecule has 3 unspecified atom stereocenters. The van der Waals surface area contributed by atoms with Crippen LogP contribution in [-0.2, 0) is 25.5 Å². The predicted octanol–water partition coefficient (Wildman–Crippen LogP) is 4.36. The van der Waals surface area contributed by atoms with Gasteiger partial charge in [0.25, 0.3) is 0 Å². The number of ether oxygens (including phenoxy) is 1. The van der Waals surface area contributed by atoms with Crippen molar-refractivity contribution in [3.05, 3.63) is 77.4 Å². The van der Waals surface area contributed by atoms with E-state index >= 15 is 0 Å². The molecular weight excluding hydrogens is 679 g/mol. The Morgan fingerprint density at radius 2 is 1.78 bits per heavy atom. The van der Waals surface area contributed by atoms with E-state index in [1.54, 1.807) is 0 Å². The molecule has 9 heteroatoms. The van der Waals surface area contributed by atoms with E-state index < -0.39 is 12.1 Å². The van der Waals surface area contributed by atoms with Gasteiger partial charge in [0.15, 0.2) is 0 Å². The van der Waals surface area contributed by atoms with Gasteiger partial charge in [0.2, 0.25) is 17.7 Å². The number of nitrogens with one attached hydrogen (secondary N) is 3. The Hall–Kier alpha value is -2.76. The van der Waals surface area contributed by atoms with Crippen LogP contribution < -0.4 is 16.0 Å². The van der Waals surface area contributed by atoms with Crippen molar-refractivity contribution in [1.82, 2.24) is 20.9 Å². The van der Waals surface area contributed by atoms with Crippen LogP contribution in [0.5, 0.6) is 0 Å². The minimum Gasteiger partial charge on any atom is -0.379 e. The number of amides is 3. The first kappa shape index (κ1) is 33.6. The van der Waals surface area contributed by atoms with Gasteiger partial charge in [-0.1, -0.05) is 89.4 Å². The van der Waals surface area contributed by atoms with Gasteiger partial charge in [-0.3, -0.25) is 19.3 Å². The molecular formula is C36H47IN4O4. The van der Waals surface area contributed by atoms with Crippen LogP contribution in [0.15, 0.2) is 66.3 Å². The molecule has 1 aromatic carbocycles. The Morgan fingerprint density at radius 1 is 0.956 bits per heavy atom. The summed E-state index contributed by atoms with van der Waals surface area (Å²) in [4.78, 5) is 43.5. The van der Waals surface area contributed by atoms with Gasteiger partial charge in [-0.25, -0.2) is 0 Å². The lowest BCUT2D eigenvalue weighted by Crippen LogP contribution is -2.55. The number of alkyl halides is 1. The molecule has 5 atom stereocenters. The van der Waals surface area contributed by atoms with Crippen LogP contribution >= 0.6 is 22.6 Å². The average Bonchev–Trinajstić information content (AvgIpc) is 3.08. The van der Waals surface area contributed by atoms with Crippen LogP contribution in [0.4, 0.5) is 0 Å². The molecule has 4 aliphatic rings. The first-order valence-electron chi connectivity index (χ1n) is 16.5. The summed E-state index contributed by atoms with van der Waals surface area (Å²) in [6.45, 7) is 4.40. The molecule has 0 bridgehead atoms. The minimum absolute atomic E-state index is 0.0898. The number of hydrogen-bond donors (Lipinski definition) is 3.